The third-order valence-electron chi connectivity index (χ3n) is 9.58. The fourth-order valence-electron chi connectivity index (χ4n) is 7.60. The van der Waals surface area contributed by atoms with Crippen LogP contribution in [0, 0.1) is 24.4 Å². The van der Waals surface area contributed by atoms with Gasteiger partial charge < -0.3 is 13.7 Å². The van der Waals surface area contributed by atoms with Gasteiger partial charge in [0.25, 0.3) is 6.71 Å². The highest BCUT2D eigenvalue weighted by Crippen LogP contribution is 2.47. The second-order valence-electron chi connectivity index (χ2n) is 12.2. The van der Waals surface area contributed by atoms with Crippen molar-refractivity contribution in [2.24, 2.45) is 0 Å². The van der Waals surface area contributed by atoms with Crippen molar-refractivity contribution >= 4 is 90.3 Å². The molecule has 224 valence electrons. The normalized spacial score (nSPS) is 13.4. The summed E-state index contributed by atoms with van der Waals surface area (Å²) in [6.07, 6.45) is 0. The highest BCUT2D eigenvalue weighted by Gasteiger charge is 2.47. The van der Waals surface area contributed by atoms with E-state index in [1.807, 2.05) is 79.7 Å². The first-order valence-electron chi connectivity index (χ1n) is 15.4. The first kappa shape index (κ1) is 26.3. The average molecular weight is 618 g/mol. The van der Waals surface area contributed by atoms with Crippen LogP contribution in [0.3, 0.4) is 0 Å². The molecule has 0 unspecified atom stereocenters. The molecule has 47 heavy (non-hydrogen) atoms. The van der Waals surface area contributed by atoms with Crippen molar-refractivity contribution in [2.75, 3.05) is 9.80 Å². The van der Waals surface area contributed by atoms with E-state index in [1.54, 1.807) is 11.0 Å². The number of hydrogen-bond acceptors (Lipinski definition) is 4. The number of nitrogens with zero attached hydrogens (tertiary/aromatic N) is 2. The lowest BCUT2D eigenvalue weighted by Crippen LogP contribution is -2.61. The van der Waals surface area contributed by atoms with E-state index < -0.39 is 11.6 Å². The summed E-state index contributed by atoms with van der Waals surface area (Å²) < 4.78 is 58.5. The Kier molecular flexibility index (Phi) is 5.23. The molecular formula is C39H22BF3N2O2. The third-order valence-corrected chi connectivity index (χ3v) is 9.58. The minimum absolute atomic E-state index is 0.0349. The Morgan fingerprint density at radius 3 is 2.00 bits per heavy atom. The Morgan fingerprint density at radius 1 is 0.511 bits per heavy atom. The topological polar surface area (TPSA) is 32.8 Å². The molecule has 0 N–H and O–H groups in total. The van der Waals surface area contributed by atoms with Gasteiger partial charge in [0.05, 0.1) is 11.4 Å². The number of hydrogen-bond donors (Lipinski definition) is 0. The fourth-order valence-corrected chi connectivity index (χ4v) is 7.60. The number of halogens is 3. The molecule has 0 saturated carbocycles. The van der Waals surface area contributed by atoms with Crippen molar-refractivity contribution in [3.8, 4) is 0 Å². The van der Waals surface area contributed by atoms with Gasteiger partial charge in [-0.05, 0) is 71.9 Å². The van der Waals surface area contributed by atoms with Crippen LogP contribution < -0.4 is 26.2 Å². The number of benzene rings is 6. The second-order valence-corrected chi connectivity index (χ2v) is 12.2. The average Bonchev–Trinajstić information content (AvgIpc) is 3.64. The number of anilines is 6. The summed E-state index contributed by atoms with van der Waals surface area (Å²) in [5.74, 6) is -1.10. The molecule has 2 aliphatic heterocycles. The third kappa shape index (κ3) is 3.55. The van der Waals surface area contributed by atoms with Gasteiger partial charge in [0, 0.05) is 50.8 Å². The van der Waals surface area contributed by atoms with Crippen LogP contribution in [-0.4, -0.2) is 6.71 Å². The molecule has 0 radical (unpaired) electrons. The molecule has 10 rings (SSSR count). The number of fused-ring (bicyclic) bond motifs is 9. The monoisotopic (exact) mass is 618 g/mol. The van der Waals surface area contributed by atoms with E-state index in [-0.39, 0.29) is 18.2 Å². The predicted molar refractivity (Wildman–Crippen MR) is 182 cm³/mol. The lowest BCUT2D eigenvalue weighted by molar-refractivity contribution is 0.591. The maximum absolute atomic E-state index is 15.7. The van der Waals surface area contributed by atoms with Gasteiger partial charge in [0.1, 0.15) is 34.2 Å². The van der Waals surface area contributed by atoms with Crippen LogP contribution >= 0.6 is 0 Å². The number of aryl methyl sites for hydroxylation is 1. The molecule has 4 heterocycles. The van der Waals surface area contributed by atoms with Crippen molar-refractivity contribution in [1.82, 2.24) is 0 Å². The molecular weight excluding hydrogens is 596 g/mol. The van der Waals surface area contributed by atoms with E-state index in [4.69, 9.17) is 8.83 Å². The van der Waals surface area contributed by atoms with Crippen LogP contribution in [0.1, 0.15) is 5.56 Å². The molecule has 2 aliphatic rings. The molecule has 0 atom stereocenters. The van der Waals surface area contributed by atoms with E-state index >= 15 is 8.78 Å². The molecule has 0 amide bonds. The first-order chi connectivity index (χ1) is 23.0. The summed E-state index contributed by atoms with van der Waals surface area (Å²) >= 11 is 0. The van der Waals surface area contributed by atoms with Gasteiger partial charge in [-0.15, -0.1) is 0 Å². The summed E-state index contributed by atoms with van der Waals surface area (Å²) in [4.78, 5) is 3.74. The van der Waals surface area contributed by atoms with Crippen molar-refractivity contribution in [3.63, 3.8) is 0 Å². The summed E-state index contributed by atoms with van der Waals surface area (Å²) in [5.41, 5.74) is 8.63. The summed E-state index contributed by atoms with van der Waals surface area (Å²) in [5, 5.41) is 2.80. The second kappa shape index (κ2) is 9.33. The quantitative estimate of drug-likeness (QED) is 0.181. The SMILES string of the molecule is Cc1ccc(F)cc1N1c2cc3oc4ccccc4c3cc2B2c3c1cccc3N(c1cc(F)ccc1F)c1oc3ccccc3c12. The zero-order valence-electron chi connectivity index (χ0n) is 24.9. The van der Waals surface area contributed by atoms with E-state index in [0.29, 0.717) is 28.4 Å². The van der Waals surface area contributed by atoms with Gasteiger partial charge in [0.2, 0.25) is 5.88 Å². The summed E-state index contributed by atoms with van der Waals surface area (Å²) in [6.45, 7) is 1.59. The number of para-hydroxylation sites is 2. The van der Waals surface area contributed by atoms with Crippen LogP contribution in [0.15, 0.2) is 124 Å². The smallest absolute Gasteiger partial charge is 0.257 e. The Balaban J connectivity index is 1.38. The molecule has 0 bridgehead atoms. The minimum atomic E-state index is -0.588. The minimum Gasteiger partial charge on any atom is -0.456 e. The molecule has 4 nitrogen and oxygen atoms in total. The van der Waals surface area contributed by atoms with E-state index in [0.717, 1.165) is 67.2 Å². The lowest BCUT2D eigenvalue weighted by Gasteiger charge is -2.42. The predicted octanol–water partition coefficient (Wildman–Crippen LogP) is 9.14. The van der Waals surface area contributed by atoms with E-state index in [9.17, 15) is 4.39 Å². The highest BCUT2D eigenvalue weighted by molar-refractivity contribution is 7.01. The lowest BCUT2D eigenvalue weighted by atomic mass is 9.33. The highest BCUT2D eigenvalue weighted by atomic mass is 19.1. The van der Waals surface area contributed by atoms with Crippen molar-refractivity contribution < 1.29 is 22.0 Å². The molecule has 0 spiro atoms. The van der Waals surface area contributed by atoms with E-state index in [1.165, 1.54) is 18.2 Å². The largest absolute Gasteiger partial charge is 0.456 e. The number of rotatable bonds is 2. The van der Waals surface area contributed by atoms with Gasteiger partial charge in [-0.25, -0.2) is 13.2 Å². The van der Waals surface area contributed by atoms with Crippen LogP contribution in [0.5, 0.6) is 0 Å². The van der Waals surface area contributed by atoms with Gasteiger partial charge in [-0.3, -0.25) is 4.90 Å². The molecule has 2 aromatic heterocycles. The maximum atomic E-state index is 15.7. The maximum Gasteiger partial charge on any atom is 0.257 e. The van der Waals surface area contributed by atoms with Crippen LogP contribution in [0.25, 0.3) is 32.9 Å². The zero-order chi connectivity index (χ0) is 31.6. The first-order valence-corrected chi connectivity index (χ1v) is 15.4. The van der Waals surface area contributed by atoms with Crippen molar-refractivity contribution in [1.29, 1.82) is 0 Å². The van der Waals surface area contributed by atoms with Crippen molar-refractivity contribution in [3.05, 3.63) is 138 Å². The molecule has 0 fully saturated rings. The van der Waals surface area contributed by atoms with E-state index in [2.05, 4.69) is 11.0 Å². The standard InChI is InChI=1S/C39H22BF3N2O2/c1-21-13-14-22(41)17-31(21)44-29-9-6-10-30-38(29)40(27-19-26-24-7-2-4-11-34(24)46-36(26)20-32(27)44)37-25-8-3-5-12-35(25)47-39(37)45(30)33-18-23(42)15-16-28(33)43/h2-20H,1H3. The van der Waals surface area contributed by atoms with Gasteiger partial charge in [0.15, 0.2) is 0 Å². The Hall–Kier alpha value is -5.89. The van der Waals surface area contributed by atoms with Gasteiger partial charge in [-0.1, -0.05) is 54.6 Å². The van der Waals surface area contributed by atoms with Gasteiger partial charge >= 0.3 is 0 Å². The van der Waals surface area contributed by atoms with Gasteiger partial charge in [-0.2, -0.15) is 0 Å². The van der Waals surface area contributed by atoms with Crippen molar-refractivity contribution in [2.45, 2.75) is 6.92 Å². The van der Waals surface area contributed by atoms with Crippen LogP contribution in [0.2, 0.25) is 0 Å². The Labute approximate surface area is 266 Å². The molecule has 8 aromatic rings. The molecule has 0 saturated heterocycles. The van der Waals surface area contributed by atoms with Crippen LogP contribution in [0.4, 0.5) is 47.5 Å². The molecule has 0 aliphatic carbocycles. The van der Waals surface area contributed by atoms with Crippen LogP contribution in [-0.2, 0) is 0 Å². The fraction of sp³-hybridized carbons (Fsp3) is 0.0256. The summed E-state index contributed by atoms with van der Waals surface area (Å²) in [6, 6.07) is 33.8. The summed E-state index contributed by atoms with van der Waals surface area (Å²) in [7, 11) is 0. The Morgan fingerprint density at radius 2 is 1.19 bits per heavy atom. The number of furan rings is 2. The zero-order valence-corrected chi connectivity index (χ0v) is 24.9. The molecule has 8 heteroatoms. The Bertz CT molecular complexity index is 2630. The molecule has 6 aromatic carbocycles.